The van der Waals surface area contributed by atoms with E-state index in [9.17, 15) is 4.79 Å². The molecule has 3 aromatic rings. The number of Topliss-reactive ketones (excluding diaryl/α,β-unsaturated/α-hetero) is 1. The number of hydrogen-bond acceptors (Lipinski definition) is 2. The van der Waals surface area contributed by atoms with E-state index >= 15 is 0 Å². The van der Waals surface area contributed by atoms with E-state index in [1.54, 1.807) is 11.3 Å². The average molecular weight is 377 g/mol. The lowest BCUT2D eigenvalue weighted by Crippen LogP contribution is -2.07. The normalized spacial score (nSPS) is 12.3. The number of carbonyl (C=O) groups excluding carboxylic acids is 1. The highest BCUT2D eigenvalue weighted by Crippen LogP contribution is 2.31. The van der Waals surface area contributed by atoms with Gasteiger partial charge in [0, 0.05) is 10.8 Å². The summed E-state index contributed by atoms with van der Waals surface area (Å²) in [6.07, 6.45) is 1.81. The van der Waals surface area contributed by atoms with Gasteiger partial charge in [0.2, 0.25) is 0 Å². The van der Waals surface area contributed by atoms with Crippen LogP contribution in [0.3, 0.4) is 0 Å². The van der Waals surface area contributed by atoms with Crippen molar-refractivity contribution in [3.05, 3.63) is 82.2 Å². The van der Waals surface area contributed by atoms with Crippen LogP contribution in [-0.4, -0.2) is 5.78 Å². The molecule has 0 amide bonds. The Morgan fingerprint density at radius 1 is 0.926 bits per heavy atom. The summed E-state index contributed by atoms with van der Waals surface area (Å²) in [4.78, 5) is 14.5. The highest BCUT2D eigenvalue weighted by atomic mass is 32.1. The van der Waals surface area contributed by atoms with Gasteiger partial charge in [0.05, 0.1) is 4.88 Å². The van der Waals surface area contributed by atoms with Gasteiger partial charge in [0.15, 0.2) is 5.78 Å². The van der Waals surface area contributed by atoms with Crippen molar-refractivity contribution in [2.45, 2.75) is 46.5 Å². The number of thiophene rings is 1. The highest BCUT2D eigenvalue weighted by molar-refractivity contribution is 7.17. The van der Waals surface area contributed by atoms with Gasteiger partial charge in [0.1, 0.15) is 0 Å². The Morgan fingerprint density at radius 3 is 2.33 bits per heavy atom. The number of hydrogen-bond donors (Lipinski definition) is 0. The second kappa shape index (κ2) is 8.67. The van der Waals surface area contributed by atoms with Gasteiger partial charge in [-0.05, 0) is 53.1 Å². The first kappa shape index (κ1) is 19.6. The Bertz CT molecular complexity index is 919. The predicted molar refractivity (Wildman–Crippen MR) is 117 cm³/mol. The zero-order valence-electron chi connectivity index (χ0n) is 16.7. The molecule has 0 saturated heterocycles. The van der Waals surface area contributed by atoms with E-state index in [1.807, 2.05) is 13.0 Å². The van der Waals surface area contributed by atoms with Crippen molar-refractivity contribution in [3.8, 4) is 10.4 Å². The van der Waals surface area contributed by atoms with Crippen LogP contribution in [0.5, 0.6) is 0 Å². The molecule has 1 heterocycles. The van der Waals surface area contributed by atoms with Gasteiger partial charge in [0.25, 0.3) is 0 Å². The fraction of sp³-hybridized carbons (Fsp3) is 0.320. The van der Waals surface area contributed by atoms with Gasteiger partial charge < -0.3 is 0 Å². The average Bonchev–Trinajstić information content (AvgIpc) is 3.17. The molecule has 0 radical (unpaired) electrons. The quantitative estimate of drug-likeness (QED) is 0.394. The van der Waals surface area contributed by atoms with Gasteiger partial charge in [-0.2, -0.15) is 0 Å². The molecule has 1 unspecified atom stereocenters. The van der Waals surface area contributed by atoms with Crippen LogP contribution in [0, 0.1) is 5.92 Å². The van der Waals surface area contributed by atoms with Crippen molar-refractivity contribution in [2.75, 3.05) is 0 Å². The SMILES string of the molecule is CCC(C)C(=O)c1ccc(-c2cccc(Cc3cccc(C(C)C)c3)c2)s1. The van der Waals surface area contributed by atoms with Crippen molar-refractivity contribution in [3.63, 3.8) is 0 Å². The first-order chi connectivity index (χ1) is 13.0. The third kappa shape index (κ3) is 4.75. The Hall–Kier alpha value is -2.19. The molecule has 1 aromatic heterocycles. The zero-order chi connectivity index (χ0) is 19.4. The summed E-state index contributed by atoms with van der Waals surface area (Å²) >= 11 is 1.61. The number of benzene rings is 2. The Morgan fingerprint density at radius 2 is 1.63 bits per heavy atom. The van der Waals surface area contributed by atoms with Crippen molar-refractivity contribution in [1.82, 2.24) is 0 Å². The topological polar surface area (TPSA) is 17.1 Å². The molecule has 3 rings (SSSR count). The van der Waals surface area contributed by atoms with Crippen LogP contribution in [0.15, 0.2) is 60.7 Å². The molecule has 0 spiro atoms. The van der Waals surface area contributed by atoms with Crippen molar-refractivity contribution < 1.29 is 4.79 Å². The van der Waals surface area contributed by atoms with E-state index in [0.29, 0.717) is 5.92 Å². The summed E-state index contributed by atoms with van der Waals surface area (Å²) in [5.74, 6) is 0.898. The molecule has 0 bridgehead atoms. The minimum atomic E-state index is 0.0936. The van der Waals surface area contributed by atoms with Gasteiger partial charge >= 0.3 is 0 Å². The van der Waals surface area contributed by atoms with Crippen LogP contribution in [0.2, 0.25) is 0 Å². The van der Waals surface area contributed by atoms with E-state index in [-0.39, 0.29) is 11.7 Å². The fourth-order valence-electron chi connectivity index (χ4n) is 3.19. The van der Waals surface area contributed by atoms with E-state index in [4.69, 9.17) is 0 Å². The van der Waals surface area contributed by atoms with Gasteiger partial charge in [-0.3, -0.25) is 4.79 Å². The van der Waals surface area contributed by atoms with E-state index in [1.165, 1.54) is 27.1 Å². The number of ketones is 1. The summed E-state index contributed by atoms with van der Waals surface area (Å²) in [6.45, 7) is 8.53. The molecule has 140 valence electrons. The molecular weight excluding hydrogens is 348 g/mol. The summed E-state index contributed by atoms with van der Waals surface area (Å²) in [5, 5.41) is 0. The second-order valence-electron chi connectivity index (χ2n) is 7.61. The number of carbonyl (C=O) groups is 1. The first-order valence-electron chi connectivity index (χ1n) is 9.80. The van der Waals surface area contributed by atoms with Crippen LogP contribution < -0.4 is 0 Å². The molecule has 1 nitrogen and oxygen atoms in total. The van der Waals surface area contributed by atoms with Crippen molar-refractivity contribution in [1.29, 1.82) is 0 Å². The molecular formula is C25H28OS. The maximum absolute atomic E-state index is 12.4. The summed E-state index contributed by atoms with van der Waals surface area (Å²) in [5.41, 5.74) is 5.23. The largest absolute Gasteiger partial charge is 0.293 e. The predicted octanol–water partition coefficient (Wildman–Crippen LogP) is 7.36. The van der Waals surface area contributed by atoms with E-state index < -0.39 is 0 Å². The molecule has 0 fully saturated rings. The minimum Gasteiger partial charge on any atom is -0.293 e. The first-order valence-corrected chi connectivity index (χ1v) is 10.6. The van der Waals surface area contributed by atoms with Gasteiger partial charge in [-0.25, -0.2) is 0 Å². The van der Waals surface area contributed by atoms with E-state index in [2.05, 4.69) is 75.4 Å². The van der Waals surface area contributed by atoms with Crippen molar-refractivity contribution in [2.24, 2.45) is 5.92 Å². The third-order valence-corrected chi connectivity index (χ3v) is 6.30. The Balaban J connectivity index is 1.81. The molecule has 2 heteroatoms. The summed E-state index contributed by atoms with van der Waals surface area (Å²) < 4.78 is 0. The third-order valence-electron chi connectivity index (χ3n) is 5.15. The molecule has 0 aliphatic heterocycles. The Kier molecular flexibility index (Phi) is 6.28. The van der Waals surface area contributed by atoms with Crippen LogP contribution in [0.4, 0.5) is 0 Å². The maximum atomic E-state index is 12.4. The maximum Gasteiger partial charge on any atom is 0.175 e. The molecule has 2 aromatic carbocycles. The van der Waals surface area contributed by atoms with Crippen LogP contribution >= 0.6 is 11.3 Å². The molecule has 1 atom stereocenters. The standard InChI is InChI=1S/C25H28OS/c1-5-18(4)25(26)24-13-12-23(27-24)22-11-7-9-20(16-22)14-19-8-6-10-21(15-19)17(2)3/h6-13,15-18H,5,14H2,1-4H3. The lowest BCUT2D eigenvalue weighted by atomic mass is 9.97. The fourth-order valence-corrected chi connectivity index (χ4v) is 4.24. The van der Waals surface area contributed by atoms with Crippen molar-refractivity contribution >= 4 is 17.1 Å². The summed E-state index contributed by atoms with van der Waals surface area (Å²) in [6, 6.07) is 21.6. The van der Waals surface area contributed by atoms with Crippen LogP contribution in [-0.2, 0) is 6.42 Å². The summed E-state index contributed by atoms with van der Waals surface area (Å²) in [7, 11) is 0. The smallest absolute Gasteiger partial charge is 0.175 e. The van der Waals surface area contributed by atoms with Gasteiger partial charge in [-0.15, -0.1) is 11.3 Å². The monoisotopic (exact) mass is 376 g/mol. The van der Waals surface area contributed by atoms with E-state index in [0.717, 1.165) is 17.7 Å². The van der Waals surface area contributed by atoms with Crippen LogP contribution in [0.1, 0.15) is 66.4 Å². The lowest BCUT2D eigenvalue weighted by molar-refractivity contribution is 0.0931. The molecule has 0 aliphatic rings. The van der Waals surface area contributed by atoms with Gasteiger partial charge in [-0.1, -0.05) is 76.2 Å². The number of rotatable bonds is 7. The zero-order valence-corrected chi connectivity index (χ0v) is 17.5. The highest BCUT2D eigenvalue weighted by Gasteiger charge is 2.16. The lowest BCUT2D eigenvalue weighted by Gasteiger charge is -2.09. The Labute approximate surface area is 167 Å². The minimum absolute atomic E-state index is 0.0936. The molecule has 0 N–H and O–H groups in total. The molecule has 0 saturated carbocycles. The molecule has 27 heavy (non-hydrogen) atoms. The molecule has 0 aliphatic carbocycles. The van der Waals surface area contributed by atoms with Crippen LogP contribution in [0.25, 0.3) is 10.4 Å². The second-order valence-corrected chi connectivity index (χ2v) is 8.70.